The van der Waals surface area contributed by atoms with Crippen molar-refractivity contribution in [1.82, 2.24) is 24.5 Å². The number of amides is 1. The Morgan fingerprint density at radius 2 is 2.11 bits per heavy atom. The molecule has 5 heterocycles. The molecule has 6 rings (SSSR count). The first-order valence-corrected chi connectivity index (χ1v) is 12.6. The predicted molar refractivity (Wildman–Crippen MR) is 136 cm³/mol. The van der Waals surface area contributed by atoms with Crippen LogP contribution >= 0.6 is 11.6 Å². The summed E-state index contributed by atoms with van der Waals surface area (Å²) in [4.78, 5) is 25.1. The zero-order valence-corrected chi connectivity index (χ0v) is 21.1. The van der Waals surface area contributed by atoms with Crippen molar-refractivity contribution >= 4 is 46.5 Å². The summed E-state index contributed by atoms with van der Waals surface area (Å²) in [5.74, 6) is 0.624. The summed E-state index contributed by atoms with van der Waals surface area (Å²) in [7, 11) is 0. The number of nitrogens with zero attached hydrogens (tertiary/aromatic N) is 8. The second-order valence-electron chi connectivity index (χ2n) is 9.22. The third-order valence-electron chi connectivity index (χ3n) is 6.95. The number of rotatable bonds is 6. The SMILES string of the molecule is CCNc1nc(Nc2cc(C#N)cc(N3CC[C@@H]4[C@@H](C3)OC(=O)N4C3COC3)c2Cl)nn2c(C#N)cnc12. The maximum absolute atomic E-state index is 12.5. The van der Waals surface area contributed by atoms with E-state index in [0.29, 0.717) is 72.7 Å². The smallest absolute Gasteiger partial charge is 0.410 e. The van der Waals surface area contributed by atoms with Crippen molar-refractivity contribution in [3.05, 3.63) is 34.6 Å². The minimum absolute atomic E-state index is 0.0164. The van der Waals surface area contributed by atoms with Gasteiger partial charge in [0.05, 0.1) is 66.1 Å². The minimum atomic E-state index is -0.311. The Morgan fingerprint density at radius 3 is 2.82 bits per heavy atom. The molecule has 0 spiro atoms. The highest BCUT2D eigenvalue weighted by atomic mass is 35.5. The standard InChI is InChI=1S/C24H23ClN10O3/c1-2-28-21-22-29-9-14(8-27)35(22)32-23(31-21)30-16-5-13(7-26)6-18(20(16)25)33-4-3-17-19(10-33)38-24(36)34(17)15-11-37-12-15/h5-6,9,15,17,19H,2-4,10-12H2,1H3,(H2,28,30,31,32)/t17-,19-/m1/s1. The van der Waals surface area contributed by atoms with E-state index in [-0.39, 0.29) is 35.9 Å². The van der Waals surface area contributed by atoms with Crippen LogP contribution in [0, 0.1) is 22.7 Å². The predicted octanol–water partition coefficient (Wildman–Crippen LogP) is 2.49. The molecular formula is C24H23ClN10O3. The van der Waals surface area contributed by atoms with E-state index >= 15 is 0 Å². The summed E-state index contributed by atoms with van der Waals surface area (Å²) in [6.07, 6.45) is 1.50. The molecule has 3 fully saturated rings. The van der Waals surface area contributed by atoms with Crippen LogP contribution < -0.4 is 15.5 Å². The van der Waals surface area contributed by atoms with Crippen LogP contribution in [0.15, 0.2) is 18.3 Å². The summed E-state index contributed by atoms with van der Waals surface area (Å²) in [5.41, 5.74) is 2.13. The third-order valence-corrected chi connectivity index (χ3v) is 7.35. The van der Waals surface area contributed by atoms with Crippen molar-refractivity contribution in [2.75, 3.05) is 48.4 Å². The number of carbonyl (C=O) groups excluding carboxylic acids is 1. The Kier molecular flexibility index (Phi) is 6.02. The second kappa shape index (κ2) is 9.52. The van der Waals surface area contributed by atoms with E-state index in [1.54, 1.807) is 12.1 Å². The van der Waals surface area contributed by atoms with Crippen LogP contribution in [-0.4, -0.2) is 81.6 Å². The first-order chi connectivity index (χ1) is 18.5. The lowest BCUT2D eigenvalue weighted by Crippen LogP contribution is -2.57. The van der Waals surface area contributed by atoms with Gasteiger partial charge in [-0.3, -0.25) is 4.90 Å². The normalized spacial score (nSPS) is 20.9. The van der Waals surface area contributed by atoms with Crippen LogP contribution in [0.2, 0.25) is 5.02 Å². The lowest BCUT2D eigenvalue weighted by Gasteiger charge is -2.41. The highest BCUT2D eigenvalue weighted by Gasteiger charge is 2.49. The summed E-state index contributed by atoms with van der Waals surface area (Å²) < 4.78 is 12.4. The van der Waals surface area contributed by atoms with Crippen molar-refractivity contribution in [3.63, 3.8) is 0 Å². The number of carbonyl (C=O) groups is 1. The first-order valence-electron chi connectivity index (χ1n) is 12.2. The topological polar surface area (TPSA) is 157 Å². The molecule has 0 radical (unpaired) electrons. The maximum Gasteiger partial charge on any atom is 0.410 e. The Balaban J connectivity index is 1.31. The molecule has 0 unspecified atom stereocenters. The number of benzene rings is 1. The lowest BCUT2D eigenvalue weighted by atomic mass is 9.98. The van der Waals surface area contributed by atoms with Gasteiger partial charge in [-0.05, 0) is 25.5 Å². The van der Waals surface area contributed by atoms with E-state index in [1.165, 1.54) is 10.7 Å². The number of hydrogen-bond acceptors (Lipinski definition) is 11. The number of halogens is 1. The molecule has 2 aromatic heterocycles. The number of hydrogen-bond donors (Lipinski definition) is 2. The van der Waals surface area contributed by atoms with Crippen molar-refractivity contribution in [3.8, 4) is 12.1 Å². The monoisotopic (exact) mass is 534 g/mol. The molecule has 38 heavy (non-hydrogen) atoms. The highest BCUT2D eigenvalue weighted by Crippen LogP contribution is 2.39. The summed E-state index contributed by atoms with van der Waals surface area (Å²) in [6, 6.07) is 7.63. The maximum atomic E-state index is 12.5. The number of anilines is 4. The summed E-state index contributed by atoms with van der Waals surface area (Å²) in [5, 5.41) is 30.2. The molecule has 2 atom stereocenters. The zero-order valence-electron chi connectivity index (χ0n) is 20.4. The van der Waals surface area contributed by atoms with Crippen LogP contribution in [0.4, 0.5) is 27.9 Å². The van der Waals surface area contributed by atoms with Gasteiger partial charge in [0.15, 0.2) is 17.2 Å². The first kappa shape index (κ1) is 24.0. The number of nitrogens with one attached hydrogen (secondary N) is 2. The Bertz CT molecular complexity index is 1510. The molecule has 2 N–H and O–H groups in total. The fourth-order valence-corrected chi connectivity index (χ4v) is 5.37. The zero-order chi connectivity index (χ0) is 26.4. The van der Waals surface area contributed by atoms with E-state index in [9.17, 15) is 15.3 Å². The van der Waals surface area contributed by atoms with Gasteiger partial charge in [-0.25, -0.2) is 9.78 Å². The minimum Gasteiger partial charge on any atom is -0.442 e. The Morgan fingerprint density at radius 1 is 1.26 bits per heavy atom. The van der Waals surface area contributed by atoms with Gasteiger partial charge in [0.1, 0.15) is 12.2 Å². The van der Waals surface area contributed by atoms with Gasteiger partial charge >= 0.3 is 6.09 Å². The van der Waals surface area contributed by atoms with Gasteiger partial charge < -0.3 is 25.0 Å². The average molecular weight is 535 g/mol. The molecule has 0 saturated carbocycles. The molecule has 194 valence electrons. The quantitative estimate of drug-likeness (QED) is 0.478. The van der Waals surface area contributed by atoms with Gasteiger partial charge in [0, 0.05) is 13.1 Å². The van der Waals surface area contributed by atoms with Crippen LogP contribution in [0.25, 0.3) is 5.65 Å². The lowest BCUT2D eigenvalue weighted by molar-refractivity contribution is -0.0567. The van der Waals surface area contributed by atoms with Gasteiger partial charge in [0.25, 0.3) is 0 Å². The van der Waals surface area contributed by atoms with Crippen molar-refractivity contribution in [2.24, 2.45) is 0 Å². The van der Waals surface area contributed by atoms with Crippen molar-refractivity contribution in [1.29, 1.82) is 10.5 Å². The van der Waals surface area contributed by atoms with Gasteiger partial charge in [-0.1, -0.05) is 11.6 Å². The Hall–Kier alpha value is -4.33. The van der Waals surface area contributed by atoms with Crippen molar-refractivity contribution < 1.29 is 14.3 Å². The second-order valence-corrected chi connectivity index (χ2v) is 9.60. The molecule has 14 heteroatoms. The van der Waals surface area contributed by atoms with Crippen LogP contribution in [-0.2, 0) is 9.47 Å². The summed E-state index contributed by atoms with van der Waals surface area (Å²) >= 11 is 6.87. The largest absolute Gasteiger partial charge is 0.442 e. The van der Waals surface area contributed by atoms with E-state index in [2.05, 4.69) is 37.8 Å². The average Bonchev–Trinajstić information content (AvgIpc) is 3.44. The van der Waals surface area contributed by atoms with Gasteiger partial charge in [-0.2, -0.15) is 20.0 Å². The molecular weight excluding hydrogens is 512 g/mol. The number of ether oxygens (including phenoxy) is 2. The van der Waals surface area contributed by atoms with Crippen LogP contribution in [0.3, 0.4) is 0 Å². The molecule has 1 aromatic carbocycles. The van der Waals surface area contributed by atoms with Crippen LogP contribution in [0.1, 0.15) is 24.6 Å². The molecule has 3 saturated heterocycles. The molecule has 3 aliphatic rings. The van der Waals surface area contributed by atoms with Crippen LogP contribution in [0.5, 0.6) is 0 Å². The van der Waals surface area contributed by atoms with E-state index in [1.807, 2.05) is 16.7 Å². The molecule has 1 amide bonds. The van der Waals surface area contributed by atoms with E-state index in [0.717, 1.165) is 0 Å². The third kappa shape index (κ3) is 3.97. The van der Waals surface area contributed by atoms with Gasteiger partial charge in [-0.15, -0.1) is 5.10 Å². The van der Waals surface area contributed by atoms with Crippen molar-refractivity contribution in [2.45, 2.75) is 31.5 Å². The number of aromatic nitrogens is 4. The number of piperidine rings is 1. The number of nitriles is 2. The molecule has 0 bridgehead atoms. The highest BCUT2D eigenvalue weighted by molar-refractivity contribution is 6.36. The van der Waals surface area contributed by atoms with Gasteiger partial charge in [0.2, 0.25) is 5.95 Å². The molecule has 3 aromatic rings. The fourth-order valence-electron chi connectivity index (χ4n) is 5.10. The molecule has 0 aliphatic carbocycles. The Labute approximate surface area is 222 Å². The fraction of sp³-hybridized carbons (Fsp3) is 0.417. The number of imidazole rings is 1. The van der Waals surface area contributed by atoms with E-state index < -0.39 is 0 Å². The summed E-state index contributed by atoms with van der Waals surface area (Å²) in [6.45, 7) is 4.65. The molecule has 3 aliphatic heterocycles. The number of fused-ring (bicyclic) bond motifs is 2. The van der Waals surface area contributed by atoms with E-state index in [4.69, 9.17) is 21.1 Å². The molecule has 13 nitrogen and oxygen atoms in total.